The van der Waals surface area contributed by atoms with Crippen molar-refractivity contribution in [3.63, 3.8) is 0 Å². The molecule has 3 heterocycles. The van der Waals surface area contributed by atoms with Crippen molar-refractivity contribution in [3.8, 4) is 0 Å². The van der Waals surface area contributed by atoms with Gasteiger partial charge in [0.1, 0.15) is 0 Å². The van der Waals surface area contributed by atoms with Gasteiger partial charge in [0.05, 0.1) is 0 Å². The lowest BCUT2D eigenvalue weighted by molar-refractivity contribution is -0.0108. The van der Waals surface area contributed by atoms with Crippen molar-refractivity contribution in [3.05, 3.63) is 42.4 Å². The number of hydrogen-bond acceptors (Lipinski definition) is 3. The SMILES string of the molecule is CC1CCN(C(=O)Nc2ccn(CCc3ccncc3)n2)CC12CCC2. The Labute approximate surface area is 154 Å². The summed E-state index contributed by atoms with van der Waals surface area (Å²) in [5, 5.41) is 7.46. The first-order valence-corrected chi connectivity index (χ1v) is 9.63. The second-order valence-electron chi connectivity index (χ2n) is 7.83. The number of anilines is 1. The summed E-state index contributed by atoms with van der Waals surface area (Å²) in [4.78, 5) is 18.7. The van der Waals surface area contributed by atoms with E-state index in [0.717, 1.165) is 38.4 Å². The van der Waals surface area contributed by atoms with Crippen molar-refractivity contribution >= 4 is 11.8 Å². The minimum Gasteiger partial charge on any atom is -0.324 e. The molecule has 1 unspecified atom stereocenters. The molecule has 6 nitrogen and oxygen atoms in total. The normalized spacial score (nSPS) is 21.4. The molecule has 1 aliphatic heterocycles. The van der Waals surface area contributed by atoms with E-state index in [-0.39, 0.29) is 6.03 Å². The average molecular weight is 353 g/mol. The van der Waals surface area contributed by atoms with Gasteiger partial charge in [-0.05, 0) is 54.7 Å². The first-order chi connectivity index (χ1) is 12.6. The van der Waals surface area contributed by atoms with Crippen LogP contribution >= 0.6 is 0 Å². The number of aromatic nitrogens is 3. The highest BCUT2D eigenvalue weighted by Crippen LogP contribution is 2.50. The molecule has 1 saturated heterocycles. The van der Waals surface area contributed by atoms with E-state index in [1.807, 2.05) is 34.0 Å². The van der Waals surface area contributed by atoms with E-state index in [4.69, 9.17) is 0 Å². The smallest absolute Gasteiger partial charge is 0.323 e. The second kappa shape index (κ2) is 7.09. The lowest BCUT2D eigenvalue weighted by Gasteiger charge is -2.52. The van der Waals surface area contributed by atoms with E-state index < -0.39 is 0 Å². The quantitative estimate of drug-likeness (QED) is 0.914. The molecule has 4 rings (SSSR count). The van der Waals surface area contributed by atoms with E-state index in [2.05, 4.69) is 22.3 Å². The van der Waals surface area contributed by atoms with Gasteiger partial charge in [0.2, 0.25) is 0 Å². The predicted molar refractivity (Wildman–Crippen MR) is 101 cm³/mol. The minimum absolute atomic E-state index is 0.0115. The van der Waals surface area contributed by atoms with E-state index in [9.17, 15) is 4.79 Å². The fourth-order valence-corrected chi connectivity index (χ4v) is 4.26. The number of likely N-dealkylation sites (tertiary alicyclic amines) is 1. The van der Waals surface area contributed by atoms with Gasteiger partial charge in [-0.1, -0.05) is 13.3 Å². The molecule has 26 heavy (non-hydrogen) atoms. The number of nitrogens with zero attached hydrogens (tertiary/aromatic N) is 4. The average Bonchev–Trinajstić information content (AvgIpc) is 3.07. The molecule has 1 atom stereocenters. The zero-order chi connectivity index (χ0) is 18.0. The minimum atomic E-state index is -0.0115. The van der Waals surface area contributed by atoms with Crippen LogP contribution in [-0.4, -0.2) is 38.8 Å². The number of urea groups is 1. The molecule has 1 spiro atoms. The lowest BCUT2D eigenvalue weighted by Crippen LogP contribution is -2.54. The maximum Gasteiger partial charge on any atom is 0.323 e. The molecule has 2 aromatic rings. The van der Waals surface area contributed by atoms with Crippen molar-refractivity contribution in [2.24, 2.45) is 11.3 Å². The van der Waals surface area contributed by atoms with Crippen LogP contribution in [0.1, 0.15) is 38.2 Å². The van der Waals surface area contributed by atoms with Crippen LogP contribution in [0.25, 0.3) is 0 Å². The molecule has 2 aliphatic rings. The first-order valence-electron chi connectivity index (χ1n) is 9.63. The van der Waals surface area contributed by atoms with Crippen LogP contribution in [0.2, 0.25) is 0 Å². The molecule has 1 aliphatic carbocycles. The van der Waals surface area contributed by atoms with Gasteiger partial charge in [0.15, 0.2) is 5.82 Å². The van der Waals surface area contributed by atoms with Crippen molar-refractivity contribution in [1.29, 1.82) is 0 Å². The Balaban J connectivity index is 1.31. The summed E-state index contributed by atoms with van der Waals surface area (Å²) in [7, 11) is 0. The van der Waals surface area contributed by atoms with Gasteiger partial charge >= 0.3 is 6.03 Å². The van der Waals surface area contributed by atoms with Gasteiger partial charge in [-0.15, -0.1) is 0 Å². The van der Waals surface area contributed by atoms with E-state index in [0.29, 0.717) is 11.2 Å². The molecule has 1 N–H and O–H groups in total. The van der Waals surface area contributed by atoms with Gasteiger partial charge in [0.25, 0.3) is 0 Å². The second-order valence-corrected chi connectivity index (χ2v) is 7.83. The lowest BCUT2D eigenvalue weighted by atomic mass is 9.59. The summed E-state index contributed by atoms with van der Waals surface area (Å²) in [5.41, 5.74) is 1.61. The molecule has 0 aromatic carbocycles. The van der Waals surface area contributed by atoms with Crippen LogP contribution in [-0.2, 0) is 13.0 Å². The molecule has 0 radical (unpaired) electrons. The maximum atomic E-state index is 12.6. The number of carbonyl (C=O) groups excluding carboxylic acids is 1. The highest BCUT2D eigenvalue weighted by molar-refractivity contribution is 5.88. The molecule has 2 amide bonds. The summed E-state index contributed by atoms with van der Waals surface area (Å²) < 4.78 is 1.88. The summed E-state index contributed by atoms with van der Waals surface area (Å²) in [5.74, 6) is 1.36. The number of aryl methyl sites for hydroxylation is 2. The Morgan fingerprint density at radius 2 is 2.12 bits per heavy atom. The van der Waals surface area contributed by atoms with Gasteiger partial charge in [0, 0.05) is 44.3 Å². The Morgan fingerprint density at radius 3 is 2.85 bits per heavy atom. The monoisotopic (exact) mass is 353 g/mol. The van der Waals surface area contributed by atoms with Crippen LogP contribution in [0.3, 0.4) is 0 Å². The number of hydrogen-bond donors (Lipinski definition) is 1. The molecular weight excluding hydrogens is 326 g/mol. The number of rotatable bonds is 4. The van der Waals surface area contributed by atoms with Crippen molar-refractivity contribution in [2.75, 3.05) is 18.4 Å². The summed E-state index contributed by atoms with van der Waals surface area (Å²) in [6.07, 6.45) is 11.4. The summed E-state index contributed by atoms with van der Waals surface area (Å²) >= 11 is 0. The summed E-state index contributed by atoms with van der Waals surface area (Å²) in [6, 6.07) is 5.89. The van der Waals surface area contributed by atoms with Crippen molar-refractivity contribution in [1.82, 2.24) is 19.7 Å². The van der Waals surface area contributed by atoms with E-state index in [1.54, 1.807) is 12.4 Å². The van der Waals surface area contributed by atoms with Crippen molar-refractivity contribution < 1.29 is 4.79 Å². The van der Waals surface area contributed by atoms with Gasteiger partial charge < -0.3 is 4.90 Å². The third-order valence-electron chi connectivity index (χ3n) is 6.27. The first kappa shape index (κ1) is 17.1. The van der Waals surface area contributed by atoms with Crippen molar-refractivity contribution in [2.45, 2.75) is 45.6 Å². The zero-order valence-corrected chi connectivity index (χ0v) is 15.4. The van der Waals surface area contributed by atoms with Crippen LogP contribution in [0.15, 0.2) is 36.8 Å². The largest absolute Gasteiger partial charge is 0.324 e. The third kappa shape index (κ3) is 3.45. The fraction of sp³-hybridized carbons (Fsp3) is 0.550. The molecule has 1 saturated carbocycles. The Bertz CT molecular complexity index is 753. The molecule has 2 aromatic heterocycles. The van der Waals surface area contributed by atoms with Gasteiger partial charge in [-0.3, -0.25) is 15.0 Å². The predicted octanol–water partition coefficient (Wildman–Crippen LogP) is 3.56. The number of pyridine rings is 1. The molecule has 0 bridgehead atoms. The Hall–Kier alpha value is -2.37. The number of amides is 2. The molecular formula is C20H27N5O. The number of piperidine rings is 1. The van der Waals surface area contributed by atoms with Gasteiger partial charge in [-0.25, -0.2) is 4.79 Å². The third-order valence-corrected chi connectivity index (χ3v) is 6.27. The van der Waals surface area contributed by atoms with Gasteiger partial charge in [-0.2, -0.15) is 5.10 Å². The Morgan fingerprint density at radius 1 is 1.31 bits per heavy atom. The van der Waals surface area contributed by atoms with Crippen LogP contribution in [0.5, 0.6) is 0 Å². The highest BCUT2D eigenvalue weighted by Gasteiger charge is 2.46. The number of carbonyl (C=O) groups is 1. The molecule has 2 fully saturated rings. The standard InChI is InChI=1S/C20H27N5O/c1-16-5-12-24(15-20(16)8-2-9-20)19(26)22-18-7-14-25(23-18)13-6-17-3-10-21-11-4-17/h3-4,7,10-11,14,16H,2,5-6,8-9,12-13,15H2,1H3,(H,22,23,26). The fourth-order valence-electron chi connectivity index (χ4n) is 4.26. The van der Waals surface area contributed by atoms with E-state index >= 15 is 0 Å². The highest BCUT2D eigenvalue weighted by atomic mass is 16.2. The summed E-state index contributed by atoms with van der Waals surface area (Å²) in [6.45, 7) is 4.86. The topological polar surface area (TPSA) is 63.1 Å². The van der Waals surface area contributed by atoms with E-state index in [1.165, 1.54) is 24.8 Å². The van der Waals surface area contributed by atoms with Crippen LogP contribution < -0.4 is 5.32 Å². The number of nitrogens with one attached hydrogen (secondary N) is 1. The Kier molecular flexibility index (Phi) is 4.66. The maximum absolute atomic E-state index is 12.6. The molecule has 138 valence electrons. The van der Waals surface area contributed by atoms with Crippen LogP contribution in [0.4, 0.5) is 10.6 Å². The zero-order valence-electron chi connectivity index (χ0n) is 15.4. The molecule has 6 heteroatoms. The van der Waals surface area contributed by atoms with Crippen LogP contribution in [0, 0.1) is 11.3 Å².